The van der Waals surface area contributed by atoms with Crippen LogP contribution >= 0.6 is 11.6 Å². The minimum absolute atomic E-state index is 0.0576. The van der Waals surface area contributed by atoms with Gasteiger partial charge in [-0.1, -0.05) is 11.6 Å². The highest BCUT2D eigenvalue weighted by atomic mass is 35.5. The predicted octanol–water partition coefficient (Wildman–Crippen LogP) is 0.624. The van der Waals surface area contributed by atoms with Crippen LogP contribution in [0.25, 0.3) is 11.2 Å². The van der Waals surface area contributed by atoms with E-state index in [0.29, 0.717) is 23.4 Å². The minimum Gasteiger partial charge on any atom is -0.368 e. The highest BCUT2D eigenvalue weighted by molar-refractivity contribution is 6.33. The van der Waals surface area contributed by atoms with Crippen LogP contribution in [0.1, 0.15) is 16.1 Å². The predicted molar refractivity (Wildman–Crippen MR) is 77.3 cm³/mol. The van der Waals surface area contributed by atoms with Crippen LogP contribution in [0.3, 0.4) is 0 Å². The molecule has 9 nitrogen and oxygen atoms in total. The molecular weight excluding hydrogens is 310 g/mol. The van der Waals surface area contributed by atoms with Crippen LogP contribution in [-0.4, -0.2) is 35.6 Å². The Kier molecular flexibility index (Phi) is 3.57. The number of fused-ring (bicyclic) bond motifs is 1. The maximum Gasteiger partial charge on any atom is 0.276 e. The van der Waals surface area contributed by atoms with Crippen molar-refractivity contribution in [1.82, 2.24) is 30.0 Å². The lowest BCUT2D eigenvalue weighted by molar-refractivity contribution is 0.0706. The lowest BCUT2D eigenvalue weighted by Crippen LogP contribution is -2.18. The molecule has 0 aliphatic carbocycles. The molecule has 10 heteroatoms. The monoisotopic (exact) mass is 319 g/mol. The molecule has 3 aromatic heterocycles. The van der Waals surface area contributed by atoms with Crippen LogP contribution in [0.4, 0.5) is 5.95 Å². The van der Waals surface area contributed by atoms with E-state index in [-0.39, 0.29) is 16.7 Å². The van der Waals surface area contributed by atoms with E-state index in [9.17, 15) is 4.79 Å². The standard InChI is InChI=1S/C12H10ClN7O2/c13-9-8-10(18-12(14)17-9)20(5-16-8)4-7-2-1-6(3-15-7)11(21)19-22/h1-3,5,22H,4H2,(H,19,21)(H2,14,17,18). The Bertz CT molecular complexity index is 847. The van der Waals surface area contributed by atoms with Crippen LogP contribution in [0.5, 0.6) is 0 Å². The number of anilines is 1. The van der Waals surface area contributed by atoms with Crippen LogP contribution < -0.4 is 11.2 Å². The van der Waals surface area contributed by atoms with Crippen molar-refractivity contribution in [2.45, 2.75) is 6.54 Å². The summed E-state index contributed by atoms with van der Waals surface area (Å²) in [7, 11) is 0. The van der Waals surface area contributed by atoms with E-state index >= 15 is 0 Å². The van der Waals surface area contributed by atoms with Gasteiger partial charge in [-0.3, -0.25) is 15.0 Å². The van der Waals surface area contributed by atoms with Crippen molar-refractivity contribution in [3.05, 3.63) is 41.1 Å². The second kappa shape index (κ2) is 5.54. The Labute approximate surface area is 128 Å². The van der Waals surface area contributed by atoms with Gasteiger partial charge in [0.15, 0.2) is 10.8 Å². The SMILES string of the molecule is Nc1nc(Cl)c2ncn(Cc3ccc(C(=O)NO)cn3)c2n1. The van der Waals surface area contributed by atoms with E-state index in [4.69, 9.17) is 22.5 Å². The number of rotatable bonds is 3. The van der Waals surface area contributed by atoms with Crippen molar-refractivity contribution in [1.29, 1.82) is 0 Å². The molecule has 112 valence electrons. The number of hydrogen-bond donors (Lipinski definition) is 3. The molecule has 0 aliphatic rings. The number of aromatic nitrogens is 5. The Hall–Kier alpha value is -2.78. The maximum atomic E-state index is 11.2. The fraction of sp³-hybridized carbons (Fsp3) is 0.0833. The van der Waals surface area contributed by atoms with Crippen LogP contribution in [0.15, 0.2) is 24.7 Å². The first kappa shape index (κ1) is 14.2. The number of halogens is 1. The van der Waals surface area contributed by atoms with Gasteiger partial charge >= 0.3 is 0 Å². The molecule has 0 aromatic carbocycles. The Morgan fingerprint density at radius 2 is 2.18 bits per heavy atom. The fourth-order valence-corrected chi connectivity index (χ4v) is 2.15. The molecule has 0 atom stereocenters. The molecule has 0 radical (unpaired) electrons. The van der Waals surface area contributed by atoms with Gasteiger partial charge < -0.3 is 10.3 Å². The molecule has 22 heavy (non-hydrogen) atoms. The van der Waals surface area contributed by atoms with Gasteiger partial charge in [-0.05, 0) is 12.1 Å². The van der Waals surface area contributed by atoms with Gasteiger partial charge in [-0.15, -0.1) is 0 Å². The van der Waals surface area contributed by atoms with E-state index in [2.05, 4.69) is 19.9 Å². The first-order chi connectivity index (χ1) is 10.6. The van der Waals surface area contributed by atoms with Crippen molar-refractivity contribution in [2.75, 3.05) is 5.73 Å². The van der Waals surface area contributed by atoms with Crippen molar-refractivity contribution < 1.29 is 10.0 Å². The number of carbonyl (C=O) groups excluding carboxylic acids is 1. The van der Waals surface area contributed by atoms with Gasteiger partial charge in [-0.25, -0.2) is 10.5 Å². The van der Waals surface area contributed by atoms with E-state index in [1.54, 1.807) is 28.5 Å². The van der Waals surface area contributed by atoms with Crippen LogP contribution in [-0.2, 0) is 6.54 Å². The lowest BCUT2D eigenvalue weighted by atomic mass is 10.2. The first-order valence-electron chi connectivity index (χ1n) is 6.11. The normalized spacial score (nSPS) is 10.8. The number of carbonyl (C=O) groups is 1. The largest absolute Gasteiger partial charge is 0.368 e. The average molecular weight is 320 g/mol. The zero-order valence-electron chi connectivity index (χ0n) is 11.1. The molecule has 1 amide bonds. The van der Waals surface area contributed by atoms with Gasteiger partial charge in [0.2, 0.25) is 5.95 Å². The Balaban J connectivity index is 1.92. The number of imidazole rings is 1. The molecule has 3 heterocycles. The van der Waals surface area contributed by atoms with Gasteiger partial charge in [0.25, 0.3) is 5.91 Å². The lowest BCUT2D eigenvalue weighted by Gasteiger charge is -2.05. The second-order valence-electron chi connectivity index (χ2n) is 4.40. The Morgan fingerprint density at radius 1 is 1.36 bits per heavy atom. The van der Waals surface area contributed by atoms with E-state index in [0.717, 1.165) is 0 Å². The van der Waals surface area contributed by atoms with Gasteiger partial charge in [0, 0.05) is 6.20 Å². The number of amides is 1. The number of nitrogens with one attached hydrogen (secondary N) is 1. The fourth-order valence-electron chi connectivity index (χ4n) is 1.93. The summed E-state index contributed by atoms with van der Waals surface area (Å²) in [5, 5.41) is 8.74. The average Bonchev–Trinajstić information content (AvgIpc) is 2.90. The molecule has 0 bridgehead atoms. The zero-order valence-corrected chi connectivity index (χ0v) is 11.8. The summed E-state index contributed by atoms with van der Waals surface area (Å²) in [6, 6.07) is 3.20. The van der Waals surface area contributed by atoms with Crippen molar-refractivity contribution in [3.63, 3.8) is 0 Å². The van der Waals surface area contributed by atoms with Gasteiger partial charge in [-0.2, -0.15) is 9.97 Å². The molecular formula is C12H10ClN7O2. The van der Waals surface area contributed by atoms with E-state index in [1.165, 1.54) is 6.20 Å². The summed E-state index contributed by atoms with van der Waals surface area (Å²) >= 11 is 5.96. The third kappa shape index (κ3) is 2.54. The summed E-state index contributed by atoms with van der Waals surface area (Å²) in [5.74, 6) is -0.568. The number of hydrogen-bond acceptors (Lipinski definition) is 7. The van der Waals surface area contributed by atoms with Crippen molar-refractivity contribution in [3.8, 4) is 0 Å². The molecule has 0 spiro atoms. The van der Waals surface area contributed by atoms with Crippen LogP contribution in [0, 0.1) is 0 Å². The highest BCUT2D eigenvalue weighted by Crippen LogP contribution is 2.20. The summed E-state index contributed by atoms with van der Waals surface area (Å²) in [5.41, 5.74) is 8.99. The van der Waals surface area contributed by atoms with Crippen molar-refractivity contribution >= 4 is 34.6 Å². The van der Waals surface area contributed by atoms with Gasteiger partial charge in [0.05, 0.1) is 24.1 Å². The molecule has 3 rings (SSSR count). The van der Waals surface area contributed by atoms with Gasteiger partial charge in [0.1, 0.15) is 5.52 Å². The summed E-state index contributed by atoms with van der Waals surface area (Å²) < 4.78 is 1.72. The summed E-state index contributed by atoms with van der Waals surface area (Å²) in [4.78, 5) is 27.5. The number of pyridine rings is 1. The van der Waals surface area contributed by atoms with Crippen LogP contribution in [0.2, 0.25) is 5.15 Å². The number of hydroxylamine groups is 1. The topological polar surface area (TPSA) is 132 Å². The smallest absolute Gasteiger partial charge is 0.276 e. The van der Waals surface area contributed by atoms with E-state index in [1.807, 2.05) is 0 Å². The number of nitrogens with zero attached hydrogens (tertiary/aromatic N) is 5. The second-order valence-corrected chi connectivity index (χ2v) is 4.75. The third-order valence-electron chi connectivity index (χ3n) is 2.96. The number of nitrogens with two attached hydrogens (primary N) is 1. The summed E-state index contributed by atoms with van der Waals surface area (Å²) in [6.07, 6.45) is 2.91. The Morgan fingerprint density at radius 3 is 2.86 bits per heavy atom. The third-order valence-corrected chi connectivity index (χ3v) is 3.22. The van der Waals surface area contributed by atoms with Crippen molar-refractivity contribution in [2.24, 2.45) is 0 Å². The molecule has 3 aromatic rings. The highest BCUT2D eigenvalue weighted by Gasteiger charge is 2.11. The quantitative estimate of drug-likeness (QED) is 0.366. The number of nitrogen functional groups attached to an aromatic ring is 1. The molecule has 0 aliphatic heterocycles. The molecule has 0 fully saturated rings. The first-order valence-corrected chi connectivity index (χ1v) is 6.49. The molecule has 0 unspecified atom stereocenters. The maximum absolute atomic E-state index is 11.2. The summed E-state index contributed by atoms with van der Waals surface area (Å²) in [6.45, 7) is 0.365. The molecule has 0 saturated heterocycles. The minimum atomic E-state index is -0.626. The molecule has 0 saturated carbocycles. The zero-order chi connectivity index (χ0) is 15.7. The molecule has 4 N–H and O–H groups in total. The van der Waals surface area contributed by atoms with E-state index < -0.39 is 5.91 Å².